The number of benzene rings is 2. The topological polar surface area (TPSA) is 82.6 Å². The molecule has 7 nitrogen and oxygen atoms in total. The van der Waals surface area contributed by atoms with Crippen LogP contribution in [0.2, 0.25) is 0 Å². The summed E-state index contributed by atoms with van der Waals surface area (Å²) in [6, 6.07) is 17.1. The van der Waals surface area contributed by atoms with Crippen molar-refractivity contribution < 1.29 is 13.2 Å². The van der Waals surface area contributed by atoms with Crippen molar-refractivity contribution in [2.75, 3.05) is 28.5 Å². The van der Waals surface area contributed by atoms with Gasteiger partial charge in [0.1, 0.15) is 0 Å². The van der Waals surface area contributed by atoms with E-state index in [1.807, 2.05) is 6.07 Å². The number of amides is 1. The van der Waals surface area contributed by atoms with E-state index in [4.69, 9.17) is 0 Å². The zero-order chi connectivity index (χ0) is 22.1. The van der Waals surface area contributed by atoms with Gasteiger partial charge in [-0.15, -0.1) is 11.3 Å². The highest BCUT2D eigenvalue weighted by Gasteiger charge is 2.28. The van der Waals surface area contributed by atoms with E-state index < -0.39 is 10.0 Å². The maximum atomic E-state index is 12.7. The van der Waals surface area contributed by atoms with E-state index in [1.165, 1.54) is 26.1 Å². The molecule has 5 rings (SSSR count). The summed E-state index contributed by atoms with van der Waals surface area (Å²) >= 11 is 1.52. The van der Waals surface area contributed by atoms with Gasteiger partial charge in [-0.3, -0.25) is 19.3 Å². The van der Waals surface area contributed by atoms with Crippen molar-refractivity contribution in [1.82, 2.24) is 9.88 Å². The van der Waals surface area contributed by atoms with Crippen molar-refractivity contribution in [2.24, 2.45) is 0 Å². The highest BCUT2D eigenvalue weighted by molar-refractivity contribution is 7.93. The Labute approximate surface area is 191 Å². The van der Waals surface area contributed by atoms with Gasteiger partial charge in [0.2, 0.25) is 10.0 Å². The number of nitrogens with one attached hydrogen (secondary N) is 1. The van der Waals surface area contributed by atoms with Gasteiger partial charge in [-0.05, 0) is 36.2 Å². The highest BCUT2D eigenvalue weighted by atomic mass is 32.2. The molecule has 0 unspecified atom stereocenters. The maximum absolute atomic E-state index is 12.7. The van der Waals surface area contributed by atoms with Crippen molar-refractivity contribution in [2.45, 2.75) is 25.9 Å². The second-order valence-electron chi connectivity index (χ2n) is 8.08. The summed E-state index contributed by atoms with van der Waals surface area (Å²) in [5, 5.41) is 3.51. The molecule has 2 aliphatic rings. The number of hydrogen-bond donors (Lipinski definition) is 1. The smallest absolute Gasteiger partial charge is 0.257 e. The SMILES string of the molecule is O=C(Nc1nc2c(s1)CN(Cc1ccccc1)CC2)c1ccc(N2CCCS2(=O)=O)cc1. The van der Waals surface area contributed by atoms with E-state index in [-0.39, 0.29) is 11.7 Å². The zero-order valence-electron chi connectivity index (χ0n) is 17.5. The van der Waals surface area contributed by atoms with Gasteiger partial charge < -0.3 is 0 Å². The van der Waals surface area contributed by atoms with E-state index in [0.717, 1.165) is 31.7 Å². The number of hydrogen-bond acceptors (Lipinski definition) is 6. The Balaban J connectivity index is 1.23. The first kappa shape index (κ1) is 21.1. The Morgan fingerprint density at radius 3 is 2.56 bits per heavy atom. The van der Waals surface area contributed by atoms with E-state index in [1.54, 1.807) is 24.3 Å². The molecule has 1 aromatic heterocycles. The van der Waals surface area contributed by atoms with Crippen LogP contribution >= 0.6 is 11.3 Å². The average Bonchev–Trinajstić information content (AvgIpc) is 3.35. The van der Waals surface area contributed by atoms with Crippen LogP contribution in [0, 0.1) is 0 Å². The third-order valence-electron chi connectivity index (χ3n) is 5.80. The monoisotopic (exact) mass is 468 g/mol. The van der Waals surface area contributed by atoms with Crippen LogP contribution in [0.3, 0.4) is 0 Å². The van der Waals surface area contributed by atoms with Crippen molar-refractivity contribution in [3.8, 4) is 0 Å². The third kappa shape index (κ3) is 4.41. The first-order chi connectivity index (χ1) is 15.5. The summed E-state index contributed by atoms with van der Waals surface area (Å²) in [6.45, 7) is 3.16. The predicted molar refractivity (Wildman–Crippen MR) is 127 cm³/mol. The summed E-state index contributed by atoms with van der Waals surface area (Å²) in [5.74, 6) is -0.0692. The maximum Gasteiger partial charge on any atom is 0.257 e. The number of aromatic nitrogens is 1. The fraction of sp³-hybridized carbons (Fsp3) is 0.304. The molecule has 1 N–H and O–H groups in total. The minimum atomic E-state index is -3.23. The first-order valence-electron chi connectivity index (χ1n) is 10.6. The molecule has 1 fully saturated rings. The van der Waals surface area contributed by atoms with Gasteiger partial charge in [0, 0.05) is 43.0 Å². The summed E-state index contributed by atoms with van der Waals surface area (Å²) in [7, 11) is -3.23. The number of anilines is 2. The normalized spacial score (nSPS) is 17.8. The number of fused-ring (bicyclic) bond motifs is 1. The van der Waals surface area contributed by atoms with Crippen molar-refractivity contribution in [3.63, 3.8) is 0 Å². The molecule has 3 heterocycles. The lowest BCUT2D eigenvalue weighted by molar-refractivity contribution is 0.102. The summed E-state index contributed by atoms with van der Waals surface area (Å²) in [5.41, 5.74) is 3.43. The molecule has 32 heavy (non-hydrogen) atoms. The Morgan fingerprint density at radius 2 is 1.84 bits per heavy atom. The fourth-order valence-electron chi connectivity index (χ4n) is 4.16. The molecule has 2 aliphatic heterocycles. The molecule has 0 spiro atoms. The van der Waals surface area contributed by atoms with Crippen LogP contribution in [0.15, 0.2) is 54.6 Å². The number of carbonyl (C=O) groups excluding carboxylic acids is 1. The van der Waals surface area contributed by atoms with Crippen LogP contribution in [0.5, 0.6) is 0 Å². The van der Waals surface area contributed by atoms with Gasteiger partial charge in [-0.2, -0.15) is 0 Å². The Hall–Kier alpha value is -2.75. The van der Waals surface area contributed by atoms with Gasteiger partial charge in [0.05, 0.1) is 17.1 Å². The van der Waals surface area contributed by atoms with E-state index in [2.05, 4.69) is 39.5 Å². The summed E-state index contributed by atoms with van der Waals surface area (Å²) in [4.78, 5) is 20.9. The van der Waals surface area contributed by atoms with Crippen LogP contribution < -0.4 is 9.62 Å². The van der Waals surface area contributed by atoms with Crippen molar-refractivity contribution >= 4 is 38.1 Å². The predicted octanol–water partition coefficient (Wildman–Crippen LogP) is 3.49. The number of nitrogens with zero attached hydrogens (tertiary/aromatic N) is 3. The molecule has 0 bridgehead atoms. The lowest BCUT2D eigenvalue weighted by atomic mass is 10.1. The standard InChI is InChI=1S/C23H24N4O3S2/c28-22(18-7-9-19(10-8-18)27-12-4-14-32(27,29)30)25-23-24-20-11-13-26(16-21(20)31-23)15-17-5-2-1-3-6-17/h1-3,5-10H,4,11-16H2,(H,24,25,28). The zero-order valence-corrected chi connectivity index (χ0v) is 19.2. The quantitative estimate of drug-likeness (QED) is 0.620. The third-order valence-corrected chi connectivity index (χ3v) is 8.66. The molecule has 0 radical (unpaired) electrons. The molecule has 3 aromatic rings. The molecule has 0 atom stereocenters. The summed E-state index contributed by atoms with van der Waals surface area (Å²) in [6.07, 6.45) is 1.50. The molecule has 0 aliphatic carbocycles. The van der Waals surface area contributed by atoms with Gasteiger partial charge in [0.25, 0.3) is 5.91 Å². The van der Waals surface area contributed by atoms with Crippen LogP contribution in [-0.4, -0.2) is 43.1 Å². The number of rotatable bonds is 5. The molecular weight excluding hydrogens is 444 g/mol. The second-order valence-corrected chi connectivity index (χ2v) is 11.2. The van der Waals surface area contributed by atoms with Gasteiger partial charge in [-0.1, -0.05) is 30.3 Å². The Kier molecular flexibility index (Phi) is 5.71. The second kappa shape index (κ2) is 8.65. The Morgan fingerprint density at radius 1 is 1.06 bits per heavy atom. The molecule has 9 heteroatoms. The van der Waals surface area contributed by atoms with E-state index >= 15 is 0 Å². The molecule has 1 amide bonds. The van der Waals surface area contributed by atoms with Gasteiger partial charge >= 0.3 is 0 Å². The van der Waals surface area contributed by atoms with Crippen LogP contribution in [0.25, 0.3) is 0 Å². The van der Waals surface area contributed by atoms with Gasteiger partial charge in [-0.25, -0.2) is 13.4 Å². The molecule has 0 saturated carbocycles. The molecule has 1 saturated heterocycles. The van der Waals surface area contributed by atoms with Crippen LogP contribution in [0.4, 0.5) is 10.8 Å². The molecular formula is C23H24N4O3S2. The largest absolute Gasteiger partial charge is 0.298 e. The van der Waals surface area contributed by atoms with Crippen molar-refractivity contribution in [1.29, 1.82) is 0 Å². The fourth-order valence-corrected chi connectivity index (χ4v) is 6.77. The van der Waals surface area contributed by atoms with E-state index in [9.17, 15) is 13.2 Å². The molecule has 166 valence electrons. The summed E-state index contributed by atoms with van der Waals surface area (Å²) < 4.78 is 25.6. The number of thiazole rings is 1. The highest BCUT2D eigenvalue weighted by Crippen LogP contribution is 2.30. The average molecular weight is 469 g/mol. The minimum Gasteiger partial charge on any atom is -0.298 e. The Bertz CT molecular complexity index is 1220. The number of sulfonamides is 1. The minimum absolute atomic E-state index is 0.173. The lowest BCUT2D eigenvalue weighted by Crippen LogP contribution is -2.29. The molecule has 2 aromatic carbocycles. The van der Waals surface area contributed by atoms with E-state index in [0.29, 0.717) is 29.3 Å². The van der Waals surface area contributed by atoms with Crippen LogP contribution in [0.1, 0.15) is 32.9 Å². The van der Waals surface area contributed by atoms with Crippen LogP contribution in [-0.2, 0) is 29.5 Å². The van der Waals surface area contributed by atoms with Crippen molar-refractivity contribution in [3.05, 3.63) is 76.3 Å². The first-order valence-corrected chi connectivity index (χ1v) is 13.1. The van der Waals surface area contributed by atoms with Gasteiger partial charge in [0.15, 0.2) is 5.13 Å². The lowest BCUT2D eigenvalue weighted by Gasteiger charge is -2.25. The number of carbonyl (C=O) groups is 1.